The van der Waals surface area contributed by atoms with Gasteiger partial charge in [0.1, 0.15) is 6.54 Å². The lowest BCUT2D eigenvalue weighted by atomic mass is 9.95. The number of hydrogen-bond acceptors (Lipinski definition) is 5. The lowest BCUT2D eigenvalue weighted by molar-refractivity contribution is -0.145. The standard InChI is InChI=1S/C16H20N4O4/c1-18-14-13(15(22)19(2)16(18)23)20(10-17-14)8-12(21)24-9-11-6-4-3-5-7-11/h3-4,10-11H,5-9H2,1-2H3. The minimum Gasteiger partial charge on any atom is -0.464 e. The second-order valence-electron chi connectivity index (χ2n) is 6.08. The fraction of sp³-hybridized carbons (Fsp3) is 0.500. The number of rotatable bonds is 4. The van der Waals surface area contributed by atoms with Crippen molar-refractivity contribution in [2.24, 2.45) is 20.0 Å². The first-order valence-electron chi connectivity index (χ1n) is 7.90. The molecule has 24 heavy (non-hydrogen) atoms. The van der Waals surface area contributed by atoms with E-state index in [9.17, 15) is 14.4 Å². The highest BCUT2D eigenvalue weighted by molar-refractivity contribution is 5.75. The molecule has 1 aliphatic rings. The van der Waals surface area contributed by atoms with Gasteiger partial charge in [0, 0.05) is 14.1 Å². The Morgan fingerprint density at radius 3 is 2.79 bits per heavy atom. The summed E-state index contributed by atoms with van der Waals surface area (Å²) in [6.07, 6.45) is 8.57. The lowest BCUT2D eigenvalue weighted by Crippen LogP contribution is -2.37. The second-order valence-corrected chi connectivity index (χ2v) is 6.08. The highest BCUT2D eigenvalue weighted by Gasteiger charge is 2.17. The number of nitrogens with zero attached hydrogens (tertiary/aromatic N) is 4. The minimum atomic E-state index is -0.476. The molecule has 2 aromatic heterocycles. The quantitative estimate of drug-likeness (QED) is 0.595. The summed E-state index contributed by atoms with van der Waals surface area (Å²) >= 11 is 0. The summed E-state index contributed by atoms with van der Waals surface area (Å²) in [5, 5.41) is 0. The molecule has 1 aliphatic carbocycles. The number of carbonyl (C=O) groups is 1. The van der Waals surface area contributed by atoms with E-state index in [0.717, 1.165) is 23.8 Å². The van der Waals surface area contributed by atoms with E-state index in [0.29, 0.717) is 12.5 Å². The van der Waals surface area contributed by atoms with Crippen LogP contribution in [0.4, 0.5) is 0 Å². The summed E-state index contributed by atoms with van der Waals surface area (Å²) in [5.74, 6) is -0.0630. The van der Waals surface area contributed by atoms with E-state index in [-0.39, 0.29) is 17.7 Å². The molecule has 1 atom stereocenters. The van der Waals surface area contributed by atoms with E-state index in [1.807, 2.05) is 0 Å². The van der Waals surface area contributed by atoms with E-state index in [1.54, 1.807) is 0 Å². The van der Waals surface area contributed by atoms with Gasteiger partial charge in [-0.1, -0.05) is 12.2 Å². The molecular weight excluding hydrogens is 312 g/mol. The van der Waals surface area contributed by atoms with Crippen LogP contribution in [0.15, 0.2) is 28.1 Å². The zero-order chi connectivity index (χ0) is 17.3. The molecule has 8 nitrogen and oxygen atoms in total. The number of allylic oxidation sites excluding steroid dienone is 2. The van der Waals surface area contributed by atoms with Crippen molar-refractivity contribution in [2.75, 3.05) is 6.61 Å². The topological polar surface area (TPSA) is 88.1 Å². The van der Waals surface area contributed by atoms with Gasteiger partial charge in [0.25, 0.3) is 5.56 Å². The Hall–Kier alpha value is -2.64. The first-order valence-corrected chi connectivity index (χ1v) is 7.90. The molecule has 0 bridgehead atoms. The predicted molar refractivity (Wildman–Crippen MR) is 87.7 cm³/mol. The van der Waals surface area contributed by atoms with Crippen LogP contribution in [0.1, 0.15) is 19.3 Å². The molecule has 0 spiro atoms. The van der Waals surface area contributed by atoms with Gasteiger partial charge >= 0.3 is 11.7 Å². The van der Waals surface area contributed by atoms with Crippen molar-refractivity contribution >= 4 is 17.1 Å². The van der Waals surface area contributed by atoms with Crippen LogP contribution in [0.25, 0.3) is 11.2 Å². The smallest absolute Gasteiger partial charge is 0.332 e. The number of esters is 1. The van der Waals surface area contributed by atoms with Crippen molar-refractivity contribution in [1.82, 2.24) is 18.7 Å². The van der Waals surface area contributed by atoms with Crippen molar-refractivity contribution in [2.45, 2.75) is 25.8 Å². The van der Waals surface area contributed by atoms with E-state index in [1.165, 1.54) is 29.6 Å². The van der Waals surface area contributed by atoms with Crippen LogP contribution in [-0.4, -0.2) is 31.3 Å². The highest BCUT2D eigenvalue weighted by Crippen LogP contribution is 2.18. The first kappa shape index (κ1) is 16.2. The van der Waals surface area contributed by atoms with Crippen molar-refractivity contribution in [3.8, 4) is 0 Å². The third-order valence-corrected chi connectivity index (χ3v) is 4.37. The number of imidazole rings is 1. The Bertz CT molecular complexity index is 919. The van der Waals surface area contributed by atoms with Gasteiger partial charge in [-0.2, -0.15) is 0 Å². The van der Waals surface area contributed by atoms with E-state index in [4.69, 9.17) is 4.74 Å². The molecule has 8 heteroatoms. The summed E-state index contributed by atoms with van der Waals surface area (Å²) in [7, 11) is 2.94. The van der Waals surface area contributed by atoms with Crippen LogP contribution in [0.2, 0.25) is 0 Å². The van der Waals surface area contributed by atoms with Crippen LogP contribution in [0, 0.1) is 5.92 Å². The Morgan fingerprint density at radius 2 is 2.08 bits per heavy atom. The van der Waals surface area contributed by atoms with Gasteiger partial charge in [0.05, 0.1) is 12.9 Å². The molecule has 128 valence electrons. The number of fused-ring (bicyclic) bond motifs is 1. The van der Waals surface area contributed by atoms with Gasteiger partial charge in [-0.25, -0.2) is 9.78 Å². The summed E-state index contributed by atoms with van der Waals surface area (Å²) in [6, 6.07) is 0. The lowest BCUT2D eigenvalue weighted by Gasteiger charge is -2.17. The second kappa shape index (κ2) is 6.46. The molecule has 0 radical (unpaired) electrons. The molecule has 2 heterocycles. The molecule has 0 amide bonds. The maximum Gasteiger partial charge on any atom is 0.332 e. The fourth-order valence-electron chi connectivity index (χ4n) is 2.92. The van der Waals surface area contributed by atoms with Gasteiger partial charge in [-0.15, -0.1) is 0 Å². The van der Waals surface area contributed by atoms with E-state index >= 15 is 0 Å². The summed E-state index contributed by atoms with van der Waals surface area (Å²) in [4.78, 5) is 40.3. The maximum absolute atomic E-state index is 12.3. The van der Waals surface area contributed by atoms with Crippen molar-refractivity contribution in [3.63, 3.8) is 0 Å². The normalized spacial score (nSPS) is 17.3. The molecular formula is C16H20N4O4. The average molecular weight is 332 g/mol. The largest absolute Gasteiger partial charge is 0.464 e. The molecule has 0 fully saturated rings. The van der Waals surface area contributed by atoms with Crippen LogP contribution in [-0.2, 0) is 30.2 Å². The maximum atomic E-state index is 12.3. The molecule has 1 unspecified atom stereocenters. The van der Waals surface area contributed by atoms with Crippen LogP contribution >= 0.6 is 0 Å². The average Bonchev–Trinajstić information content (AvgIpc) is 3.01. The summed E-state index contributed by atoms with van der Waals surface area (Å²) < 4.78 is 9.04. The van der Waals surface area contributed by atoms with E-state index in [2.05, 4.69) is 17.1 Å². The first-order chi connectivity index (χ1) is 11.5. The van der Waals surface area contributed by atoms with Gasteiger partial charge in [0.15, 0.2) is 11.2 Å². The molecule has 0 aromatic carbocycles. The SMILES string of the molecule is Cn1c(=O)c2c(ncn2CC(=O)OCC2CC=CCC2)n(C)c1=O. The number of aromatic nitrogens is 4. The van der Waals surface area contributed by atoms with Crippen LogP contribution < -0.4 is 11.2 Å². The van der Waals surface area contributed by atoms with Crippen molar-refractivity contribution in [1.29, 1.82) is 0 Å². The molecule has 0 N–H and O–H groups in total. The van der Waals surface area contributed by atoms with Crippen LogP contribution in [0.5, 0.6) is 0 Å². The number of hydrogen-bond donors (Lipinski definition) is 0. The van der Waals surface area contributed by atoms with Crippen molar-refractivity contribution in [3.05, 3.63) is 39.3 Å². The van der Waals surface area contributed by atoms with Gasteiger partial charge in [-0.05, 0) is 25.2 Å². The van der Waals surface area contributed by atoms with Gasteiger partial charge < -0.3 is 9.30 Å². The Kier molecular flexibility index (Phi) is 4.37. The zero-order valence-corrected chi connectivity index (χ0v) is 13.8. The summed E-state index contributed by atoms with van der Waals surface area (Å²) in [6.45, 7) is 0.277. The molecule has 0 aliphatic heterocycles. The molecule has 2 aromatic rings. The zero-order valence-electron chi connectivity index (χ0n) is 13.8. The predicted octanol–water partition coefficient (Wildman–Crippen LogP) is 0.333. The number of ether oxygens (including phenoxy) is 1. The third kappa shape index (κ3) is 2.91. The molecule has 0 saturated carbocycles. The number of aryl methyl sites for hydroxylation is 1. The number of carbonyl (C=O) groups excluding carboxylic acids is 1. The minimum absolute atomic E-state index is 0.105. The molecule has 3 rings (SSSR count). The third-order valence-electron chi connectivity index (χ3n) is 4.37. The summed E-state index contributed by atoms with van der Waals surface area (Å²) in [5.41, 5.74) is -0.452. The van der Waals surface area contributed by atoms with Gasteiger partial charge in [0.2, 0.25) is 0 Å². The molecule has 0 saturated heterocycles. The Labute approximate surface area is 138 Å². The Balaban J connectivity index is 1.78. The van der Waals surface area contributed by atoms with Crippen LogP contribution in [0.3, 0.4) is 0 Å². The highest BCUT2D eigenvalue weighted by atomic mass is 16.5. The fourth-order valence-corrected chi connectivity index (χ4v) is 2.92. The van der Waals surface area contributed by atoms with Gasteiger partial charge in [-0.3, -0.25) is 18.7 Å². The van der Waals surface area contributed by atoms with Crippen molar-refractivity contribution < 1.29 is 9.53 Å². The monoisotopic (exact) mass is 332 g/mol. The Morgan fingerprint density at radius 1 is 1.29 bits per heavy atom. The van der Waals surface area contributed by atoms with E-state index < -0.39 is 17.2 Å².